The zero-order valence-electron chi connectivity index (χ0n) is 22.8. The summed E-state index contributed by atoms with van der Waals surface area (Å²) in [7, 11) is 3.13. The molecule has 204 valence electrons. The van der Waals surface area contributed by atoms with E-state index in [4.69, 9.17) is 14.2 Å². The van der Waals surface area contributed by atoms with E-state index < -0.39 is 11.9 Å². The normalized spacial score (nSPS) is 10.4. The Hall–Kier alpha value is -5.11. The van der Waals surface area contributed by atoms with Crippen LogP contribution in [-0.2, 0) is 11.4 Å². The maximum absolute atomic E-state index is 13.5. The molecule has 4 aromatic rings. The van der Waals surface area contributed by atoms with Gasteiger partial charge in [0.05, 0.1) is 24.0 Å². The Balaban J connectivity index is 1.54. The zero-order valence-corrected chi connectivity index (χ0v) is 22.8. The number of hydrogen-bond acceptors (Lipinski definition) is 6. The molecular weight excluding hydrogens is 508 g/mol. The van der Waals surface area contributed by atoms with Crippen LogP contribution in [0.5, 0.6) is 17.2 Å². The lowest BCUT2D eigenvalue weighted by molar-refractivity contribution is -0.131. The first kappa shape index (κ1) is 27.9. The fourth-order valence-corrected chi connectivity index (χ4v) is 4.07. The number of amides is 2. The van der Waals surface area contributed by atoms with Crippen molar-refractivity contribution in [3.63, 3.8) is 0 Å². The fraction of sp³-hybridized carbons (Fsp3) is 0.156. The number of carbonyl (C=O) groups excluding carboxylic acids is 3. The summed E-state index contributed by atoms with van der Waals surface area (Å²) >= 11 is 0. The smallest absolute Gasteiger partial charge is 0.308 e. The molecule has 0 aliphatic heterocycles. The molecule has 0 spiro atoms. The molecule has 0 saturated carbocycles. The van der Waals surface area contributed by atoms with Crippen LogP contribution >= 0.6 is 0 Å². The van der Waals surface area contributed by atoms with Gasteiger partial charge in [0, 0.05) is 19.5 Å². The Morgan fingerprint density at radius 1 is 0.825 bits per heavy atom. The van der Waals surface area contributed by atoms with Gasteiger partial charge in [-0.15, -0.1) is 0 Å². The van der Waals surface area contributed by atoms with Crippen molar-refractivity contribution in [2.45, 2.75) is 20.5 Å². The zero-order chi connectivity index (χ0) is 28.6. The van der Waals surface area contributed by atoms with E-state index in [9.17, 15) is 14.4 Å². The second kappa shape index (κ2) is 12.6. The lowest BCUT2D eigenvalue weighted by Crippen LogP contribution is -2.27. The van der Waals surface area contributed by atoms with Crippen LogP contribution in [-0.4, -0.2) is 31.9 Å². The highest BCUT2D eigenvalue weighted by Crippen LogP contribution is 2.32. The third-order valence-electron chi connectivity index (χ3n) is 6.10. The van der Waals surface area contributed by atoms with Crippen molar-refractivity contribution < 1.29 is 28.6 Å². The third-order valence-corrected chi connectivity index (χ3v) is 6.10. The molecule has 0 unspecified atom stereocenters. The van der Waals surface area contributed by atoms with E-state index in [0.717, 1.165) is 11.1 Å². The highest BCUT2D eigenvalue weighted by Gasteiger charge is 2.21. The van der Waals surface area contributed by atoms with Gasteiger partial charge in [0.1, 0.15) is 23.9 Å². The molecule has 4 rings (SSSR count). The van der Waals surface area contributed by atoms with Crippen LogP contribution in [0.2, 0.25) is 0 Å². The number of hydrogen-bond donors (Lipinski definition) is 1. The van der Waals surface area contributed by atoms with Crippen LogP contribution in [0.3, 0.4) is 0 Å². The maximum Gasteiger partial charge on any atom is 0.308 e. The molecule has 1 N–H and O–H groups in total. The first-order chi connectivity index (χ1) is 19.3. The van der Waals surface area contributed by atoms with Gasteiger partial charge in [-0.1, -0.05) is 48.5 Å². The second-order valence-electron chi connectivity index (χ2n) is 9.07. The van der Waals surface area contributed by atoms with Crippen molar-refractivity contribution in [2.75, 3.05) is 24.4 Å². The summed E-state index contributed by atoms with van der Waals surface area (Å²) in [6.45, 7) is 3.59. The number of ether oxygens (including phenoxy) is 3. The van der Waals surface area contributed by atoms with Gasteiger partial charge < -0.3 is 24.4 Å². The summed E-state index contributed by atoms with van der Waals surface area (Å²) < 4.78 is 16.7. The number of nitrogens with one attached hydrogen (secondary N) is 1. The topological polar surface area (TPSA) is 94.2 Å². The number of anilines is 2. The van der Waals surface area contributed by atoms with Crippen LogP contribution in [0.25, 0.3) is 0 Å². The Morgan fingerprint density at radius 2 is 1.55 bits per heavy atom. The van der Waals surface area contributed by atoms with E-state index in [1.807, 2.05) is 55.5 Å². The molecule has 40 heavy (non-hydrogen) atoms. The fourth-order valence-electron chi connectivity index (χ4n) is 4.07. The van der Waals surface area contributed by atoms with E-state index in [1.54, 1.807) is 43.4 Å². The van der Waals surface area contributed by atoms with Crippen molar-refractivity contribution in [1.82, 2.24) is 0 Å². The molecule has 8 nitrogen and oxygen atoms in total. The number of para-hydroxylation sites is 1. The predicted octanol–water partition coefficient (Wildman–Crippen LogP) is 6.04. The summed E-state index contributed by atoms with van der Waals surface area (Å²) in [5.41, 5.74) is 3.53. The number of nitrogens with zero attached hydrogens (tertiary/aromatic N) is 1. The number of carbonyl (C=O) groups is 3. The molecule has 0 aliphatic rings. The molecule has 8 heteroatoms. The van der Waals surface area contributed by atoms with Crippen LogP contribution in [0.1, 0.15) is 38.8 Å². The molecule has 4 aromatic carbocycles. The molecule has 0 bridgehead atoms. The average molecular weight is 539 g/mol. The van der Waals surface area contributed by atoms with Crippen molar-refractivity contribution >= 4 is 29.2 Å². The molecular formula is C32H30N2O6. The molecule has 0 aromatic heterocycles. The number of methoxy groups -OCH3 is 1. The molecule has 0 fully saturated rings. The minimum absolute atomic E-state index is 0.142. The predicted molar refractivity (Wildman–Crippen MR) is 153 cm³/mol. The van der Waals surface area contributed by atoms with Crippen LogP contribution < -0.4 is 24.4 Å². The Kier molecular flexibility index (Phi) is 8.81. The molecule has 0 atom stereocenters. The van der Waals surface area contributed by atoms with Gasteiger partial charge in [0.15, 0.2) is 0 Å². The van der Waals surface area contributed by atoms with Gasteiger partial charge in [-0.05, 0) is 60.5 Å². The van der Waals surface area contributed by atoms with Crippen LogP contribution in [0.15, 0.2) is 91.0 Å². The van der Waals surface area contributed by atoms with Crippen molar-refractivity contribution in [1.29, 1.82) is 0 Å². The van der Waals surface area contributed by atoms with E-state index >= 15 is 0 Å². The maximum atomic E-state index is 13.5. The second-order valence-corrected chi connectivity index (χ2v) is 9.07. The summed E-state index contributed by atoms with van der Waals surface area (Å²) in [4.78, 5) is 39.4. The first-order valence-corrected chi connectivity index (χ1v) is 12.6. The van der Waals surface area contributed by atoms with Crippen LogP contribution in [0.4, 0.5) is 11.4 Å². The molecule has 0 saturated heterocycles. The van der Waals surface area contributed by atoms with Gasteiger partial charge in [0.2, 0.25) is 0 Å². The Labute approximate surface area is 233 Å². The summed E-state index contributed by atoms with van der Waals surface area (Å²) in [6, 6.07) is 26.6. The quantitative estimate of drug-likeness (QED) is 0.206. The number of benzene rings is 4. The number of esters is 1. The van der Waals surface area contributed by atoms with Crippen molar-refractivity contribution in [3.8, 4) is 17.2 Å². The Bertz CT molecular complexity index is 1530. The highest BCUT2D eigenvalue weighted by atomic mass is 16.5. The summed E-state index contributed by atoms with van der Waals surface area (Å²) in [5, 5.41) is 2.77. The van der Waals surface area contributed by atoms with Crippen LogP contribution in [0, 0.1) is 6.92 Å². The minimum Gasteiger partial charge on any atom is -0.495 e. The van der Waals surface area contributed by atoms with E-state index in [2.05, 4.69) is 5.32 Å². The van der Waals surface area contributed by atoms with Crippen molar-refractivity contribution in [3.05, 3.63) is 113 Å². The lowest BCUT2D eigenvalue weighted by atomic mass is 10.1. The largest absolute Gasteiger partial charge is 0.495 e. The van der Waals surface area contributed by atoms with Gasteiger partial charge in [-0.25, -0.2) is 0 Å². The number of rotatable bonds is 9. The van der Waals surface area contributed by atoms with E-state index in [-0.39, 0.29) is 17.2 Å². The van der Waals surface area contributed by atoms with E-state index in [1.165, 1.54) is 25.0 Å². The standard InChI is InChI=1S/C32H30N2O6/c1-21-14-17-27(30(18-21)39-20-23-10-6-5-7-11-23)34(3)32(37)24-15-16-26(29(19-24)38-4)33-31(36)25-12-8-9-13-28(25)40-22(2)35/h5-19H,20H2,1-4H3,(H,33,36). The monoisotopic (exact) mass is 538 g/mol. The van der Waals surface area contributed by atoms with Gasteiger partial charge in [0.25, 0.3) is 11.8 Å². The highest BCUT2D eigenvalue weighted by molar-refractivity contribution is 6.09. The SMILES string of the molecule is COc1cc(C(=O)N(C)c2ccc(C)cc2OCc2ccccc2)ccc1NC(=O)c1ccccc1OC(C)=O. The average Bonchev–Trinajstić information content (AvgIpc) is 2.96. The minimum atomic E-state index is -0.535. The van der Waals surface area contributed by atoms with Gasteiger partial charge >= 0.3 is 5.97 Å². The lowest BCUT2D eigenvalue weighted by Gasteiger charge is -2.22. The first-order valence-electron chi connectivity index (χ1n) is 12.6. The summed E-state index contributed by atoms with van der Waals surface area (Å²) in [5.74, 6) is -0.296. The summed E-state index contributed by atoms with van der Waals surface area (Å²) in [6.07, 6.45) is 0. The third kappa shape index (κ3) is 6.66. The number of aryl methyl sites for hydroxylation is 1. The molecule has 0 heterocycles. The van der Waals surface area contributed by atoms with Gasteiger partial charge in [-0.3, -0.25) is 14.4 Å². The molecule has 0 aliphatic carbocycles. The molecule has 2 amide bonds. The van der Waals surface area contributed by atoms with Crippen molar-refractivity contribution in [2.24, 2.45) is 0 Å². The van der Waals surface area contributed by atoms with Gasteiger partial charge in [-0.2, -0.15) is 0 Å². The van der Waals surface area contributed by atoms with E-state index in [0.29, 0.717) is 35.0 Å². The molecule has 0 radical (unpaired) electrons. The Morgan fingerprint density at radius 3 is 2.27 bits per heavy atom.